The Balaban J connectivity index is 1.83. The fourth-order valence-corrected chi connectivity index (χ4v) is 4.12. The van der Waals surface area contributed by atoms with Crippen molar-refractivity contribution in [1.82, 2.24) is 9.88 Å². The van der Waals surface area contributed by atoms with Crippen LogP contribution in [0.2, 0.25) is 0 Å². The van der Waals surface area contributed by atoms with Gasteiger partial charge in [-0.05, 0) is 62.9 Å². The number of carbonyl (C=O) groups is 2. The van der Waals surface area contributed by atoms with Crippen LogP contribution in [0.5, 0.6) is 11.5 Å². The van der Waals surface area contributed by atoms with Crippen molar-refractivity contribution >= 4 is 11.8 Å². The molecule has 0 unspecified atom stereocenters. The van der Waals surface area contributed by atoms with Gasteiger partial charge in [-0.25, -0.2) is 4.79 Å². The zero-order valence-corrected chi connectivity index (χ0v) is 18.5. The predicted molar refractivity (Wildman–Crippen MR) is 114 cm³/mol. The maximum atomic E-state index is 13.3. The van der Waals surface area contributed by atoms with Gasteiger partial charge >= 0.3 is 5.97 Å². The zero-order chi connectivity index (χ0) is 22.0. The monoisotopic (exact) mass is 414 g/mol. The summed E-state index contributed by atoms with van der Waals surface area (Å²) in [5.41, 5.74) is 4.56. The molecule has 162 valence electrons. The fraction of sp³-hybridized carbons (Fsp3) is 0.478. The predicted octanol–water partition coefficient (Wildman–Crippen LogP) is 3.45. The number of ether oxygens (including phenoxy) is 3. The number of hydrogen-bond acceptors (Lipinski definition) is 6. The Morgan fingerprint density at radius 1 is 1.13 bits per heavy atom. The first-order chi connectivity index (χ1) is 14.3. The molecule has 3 rings (SSSR count). The van der Waals surface area contributed by atoms with Gasteiger partial charge in [0.05, 0.1) is 38.1 Å². The number of hydrogen-bond donors (Lipinski definition) is 1. The number of fused-ring (bicyclic) bond motifs is 1. The van der Waals surface area contributed by atoms with Crippen LogP contribution in [-0.4, -0.2) is 55.0 Å². The van der Waals surface area contributed by atoms with E-state index in [0.29, 0.717) is 41.4 Å². The van der Waals surface area contributed by atoms with E-state index in [-0.39, 0.29) is 11.8 Å². The van der Waals surface area contributed by atoms with Crippen LogP contribution in [0, 0.1) is 13.8 Å². The highest BCUT2D eigenvalue weighted by atomic mass is 16.5. The number of nitrogens with one attached hydrogen (secondary N) is 1. The van der Waals surface area contributed by atoms with Gasteiger partial charge in [0.15, 0.2) is 17.3 Å². The van der Waals surface area contributed by atoms with Crippen LogP contribution >= 0.6 is 0 Å². The Morgan fingerprint density at radius 2 is 1.77 bits per heavy atom. The summed E-state index contributed by atoms with van der Waals surface area (Å²) in [4.78, 5) is 30.8. The third-order valence-corrected chi connectivity index (χ3v) is 5.84. The maximum absolute atomic E-state index is 13.3. The number of methoxy groups -OCH3 is 2. The van der Waals surface area contributed by atoms with Crippen molar-refractivity contribution in [3.8, 4) is 11.5 Å². The van der Waals surface area contributed by atoms with Gasteiger partial charge < -0.3 is 19.2 Å². The second-order valence-corrected chi connectivity index (χ2v) is 7.58. The number of aromatic amines is 1. The van der Waals surface area contributed by atoms with Crippen LogP contribution in [-0.2, 0) is 17.7 Å². The summed E-state index contributed by atoms with van der Waals surface area (Å²) >= 11 is 0. The van der Waals surface area contributed by atoms with Crippen molar-refractivity contribution in [2.75, 3.05) is 27.4 Å². The van der Waals surface area contributed by atoms with Gasteiger partial charge in [-0.2, -0.15) is 0 Å². The summed E-state index contributed by atoms with van der Waals surface area (Å²) in [5, 5.41) is 0. The number of nitrogens with zero attached hydrogens (tertiary/aromatic N) is 1. The molecule has 1 aliphatic heterocycles. The second kappa shape index (κ2) is 8.92. The van der Waals surface area contributed by atoms with Gasteiger partial charge in [-0.15, -0.1) is 0 Å². The molecule has 0 spiro atoms. The largest absolute Gasteiger partial charge is 0.493 e. The van der Waals surface area contributed by atoms with Crippen LogP contribution in [0.4, 0.5) is 0 Å². The lowest BCUT2D eigenvalue weighted by molar-refractivity contribution is 0.0525. The van der Waals surface area contributed by atoms with E-state index in [1.165, 1.54) is 5.56 Å². The van der Waals surface area contributed by atoms with Crippen molar-refractivity contribution in [3.63, 3.8) is 0 Å². The molecule has 0 radical (unpaired) electrons. The number of aromatic nitrogens is 1. The molecule has 30 heavy (non-hydrogen) atoms. The number of benzene rings is 1. The SMILES string of the molecule is CCOC(=O)c1c(C)[nH]c(C(=O)[C@@H](C)N2CCc3cc(OC)c(OC)cc3C2)c1C. The topological polar surface area (TPSA) is 80.9 Å². The first kappa shape index (κ1) is 21.9. The van der Waals surface area contributed by atoms with Gasteiger partial charge in [0.2, 0.25) is 0 Å². The summed E-state index contributed by atoms with van der Waals surface area (Å²) in [6, 6.07) is 3.67. The average molecular weight is 415 g/mol. The molecule has 2 heterocycles. The Hall–Kier alpha value is -2.80. The number of Topliss-reactive ketones (excluding diaryl/α,β-unsaturated/α-hetero) is 1. The highest BCUT2D eigenvalue weighted by molar-refractivity contribution is 6.03. The molecule has 1 atom stereocenters. The molecule has 1 aromatic heterocycles. The van der Waals surface area contributed by atoms with Crippen LogP contribution < -0.4 is 9.47 Å². The van der Waals surface area contributed by atoms with E-state index in [1.54, 1.807) is 35.0 Å². The van der Waals surface area contributed by atoms with Gasteiger partial charge in [-0.3, -0.25) is 9.69 Å². The third kappa shape index (κ3) is 3.94. The number of H-pyrrole nitrogens is 1. The standard InChI is InChI=1S/C23H30N2O5/c1-7-30-23(27)20-13(2)21(24-14(20)3)22(26)15(4)25-9-8-16-10-18(28-5)19(29-6)11-17(16)12-25/h10-11,15,24H,7-9,12H2,1-6H3/t15-/m1/s1. The van der Waals surface area contributed by atoms with Gasteiger partial charge in [0, 0.05) is 18.8 Å². The Labute approximate surface area is 177 Å². The van der Waals surface area contributed by atoms with Crippen LogP contribution in [0.25, 0.3) is 0 Å². The van der Waals surface area contributed by atoms with Crippen molar-refractivity contribution in [3.05, 3.63) is 45.8 Å². The Morgan fingerprint density at radius 3 is 2.37 bits per heavy atom. The van der Waals surface area contributed by atoms with Crippen molar-refractivity contribution in [1.29, 1.82) is 0 Å². The van der Waals surface area contributed by atoms with E-state index in [0.717, 1.165) is 24.3 Å². The van der Waals surface area contributed by atoms with Crippen molar-refractivity contribution in [2.45, 2.75) is 46.7 Å². The Bertz CT molecular complexity index is 963. The smallest absolute Gasteiger partial charge is 0.340 e. The van der Waals surface area contributed by atoms with Gasteiger partial charge in [0.1, 0.15) is 0 Å². The molecule has 0 fully saturated rings. The fourth-order valence-electron chi connectivity index (χ4n) is 4.12. The van der Waals surface area contributed by atoms with Gasteiger partial charge in [0.25, 0.3) is 0 Å². The Kier molecular flexibility index (Phi) is 6.51. The minimum atomic E-state index is -0.400. The highest BCUT2D eigenvalue weighted by Gasteiger charge is 2.31. The van der Waals surface area contributed by atoms with E-state index in [9.17, 15) is 9.59 Å². The second-order valence-electron chi connectivity index (χ2n) is 7.58. The molecule has 7 nitrogen and oxygen atoms in total. The lowest BCUT2D eigenvalue weighted by Gasteiger charge is -2.33. The molecule has 2 aromatic rings. The first-order valence-corrected chi connectivity index (χ1v) is 10.2. The molecular weight excluding hydrogens is 384 g/mol. The van der Waals surface area contributed by atoms with Gasteiger partial charge in [-0.1, -0.05) is 0 Å². The first-order valence-electron chi connectivity index (χ1n) is 10.2. The molecule has 7 heteroatoms. The molecule has 0 aliphatic carbocycles. The molecule has 0 saturated heterocycles. The molecule has 0 amide bonds. The molecule has 0 bridgehead atoms. The quantitative estimate of drug-likeness (QED) is 0.552. The van der Waals surface area contributed by atoms with E-state index in [2.05, 4.69) is 9.88 Å². The number of carbonyl (C=O) groups excluding carboxylic acids is 2. The lowest BCUT2D eigenvalue weighted by atomic mass is 9.96. The number of rotatable bonds is 7. The van der Waals surface area contributed by atoms with E-state index in [4.69, 9.17) is 14.2 Å². The minimum absolute atomic E-state index is 0.0323. The summed E-state index contributed by atoms with van der Waals surface area (Å²) in [7, 11) is 3.25. The summed E-state index contributed by atoms with van der Waals surface area (Å²) < 4.78 is 16.0. The van der Waals surface area contributed by atoms with E-state index < -0.39 is 5.97 Å². The number of esters is 1. The van der Waals surface area contributed by atoms with Crippen LogP contribution in [0.1, 0.15) is 57.1 Å². The van der Waals surface area contributed by atoms with E-state index in [1.807, 2.05) is 19.1 Å². The summed E-state index contributed by atoms with van der Waals surface area (Å²) in [6.07, 6.45) is 0.824. The number of ketones is 1. The molecule has 0 saturated carbocycles. The van der Waals surface area contributed by atoms with E-state index >= 15 is 0 Å². The molecule has 1 aromatic carbocycles. The average Bonchev–Trinajstić information content (AvgIpc) is 3.05. The zero-order valence-electron chi connectivity index (χ0n) is 18.5. The molecule has 1 N–H and O–H groups in total. The summed E-state index contributed by atoms with van der Waals surface area (Å²) in [5.74, 6) is 0.975. The normalized spacial score (nSPS) is 14.7. The van der Waals surface area contributed by atoms with Crippen LogP contribution in [0.15, 0.2) is 12.1 Å². The lowest BCUT2D eigenvalue weighted by Crippen LogP contribution is -2.42. The highest BCUT2D eigenvalue weighted by Crippen LogP contribution is 2.34. The number of aryl methyl sites for hydroxylation is 1. The third-order valence-electron chi connectivity index (χ3n) is 5.84. The minimum Gasteiger partial charge on any atom is -0.493 e. The maximum Gasteiger partial charge on any atom is 0.340 e. The molecule has 1 aliphatic rings. The van der Waals surface area contributed by atoms with Crippen molar-refractivity contribution in [2.24, 2.45) is 0 Å². The molecular formula is C23H30N2O5. The van der Waals surface area contributed by atoms with Crippen LogP contribution in [0.3, 0.4) is 0 Å². The van der Waals surface area contributed by atoms with Crippen molar-refractivity contribution < 1.29 is 23.8 Å². The summed E-state index contributed by atoms with van der Waals surface area (Å²) in [6.45, 7) is 8.96.